The summed E-state index contributed by atoms with van der Waals surface area (Å²) in [6, 6.07) is 2.88. The smallest absolute Gasteiger partial charge is 0.196 e. The van der Waals surface area contributed by atoms with Gasteiger partial charge in [0.2, 0.25) is 0 Å². The third-order valence-corrected chi connectivity index (χ3v) is 5.50. The quantitative estimate of drug-likeness (QED) is 0.501. The van der Waals surface area contributed by atoms with Crippen LogP contribution in [-0.4, -0.2) is 70.4 Å². The number of hydrogen-bond donors (Lipinski definition) is 4. The van der Waals surface area contributed by atoms with Crippen molar-refractivity contribution in [3.8, 4) is 11.5 Å². The Bertz CT molecular complexity index is 1090. The molecule has 0 unspecified atom stereocenters. The zero-order valence-corrected chi connectivity index (χ0v) is 17.8. The second-order valence-corrected chi connectivity index (χ2v) is 8.32. The van der Waals surface area contributed by atoms with E-state index in [0.717, 1.165) is 0 Å². The number of aliphatic hydroxyl groups excluding tert-OH is 4. The molecule has 5 atom stereocenters. The number of aliphatic hydroxyl groups is 4. The van der Waals surface area contributed by atoms with E-state index < -0.39 is 42.9 Å². The highest BCUT2D eigenvalue weighted by Crippen LogP contribution is 2.40. The van der Waals surface area contributed by atoms with E-state index in [1.165, 1.54) is 13.2 Å². The van der Waals surface area contributed by atoms with Crippen molar-refractivity contribution in [2.24, 2.45) is 0 Å². The van der Waals surface area contributed by atoms with Crippen molar-refractivity contribution in [1.29, 1.82) is 0 Å². The maximum absolute atomic E-state index is 12.9. The lowest BCUT2D eigenvalue weighted by Gasteiger charge is -2.39. The molecule has 0 radical (unpaired) electrons. The summed E-state index contributed by atoms with van der Waals surface area (Å²) in [4.78, 5) is 12.9. The minimum atomic E-state index is -1.57. The molecule has 10 nitrogen and oxygen atoms in total. The molecule has 1 aromatic heterocycles. The molecule has 0 amide bonds. The second-order valence-electron chi connectivity index (χ2n) is 8.32. The normalized spacial score (nSPS) is 28.9. The first-order chi connectivity index (χ1) is 15.1. The van der Waals surface area contributed by atoms with Gasteiger partial charge in [-0.3, -0.25) is 4.79 Å². The zero-order chi connectivity index (χ0) is 23.2. The third kappa shape index (κ3) is 4.01. The van der Waals surface area contributed by atoms with Crippen LogP contribution >= 0.6 is 0 Å². The van der Waals surface area contributed by atoms with Gasteiger partial charge >= 0.3 is 0 Å². The molecule has 0 spiro atoms. The number of hydrogen-bond acceptors (Lipinski definition) is 10. The average molecular weight is 450 g/mol. The van der Waals surface area contributed by atoms with Gasteiger partial charge in [0.1, 0.15) is 59.3 Å². The van der Waals surface area contributed by atoms with Crippen molar-refractivity contribution in [2.45, 2.75) is 56.8 Å². The van der Waals surface area contributed by atoms with Crippen molar-refractivity contribution in [2.75, 3.05) is 13.7 Å². The van der Waals surface area contributed by atoms with E-state index in [4.69, 9.17) is 23.4 Å². The van der Waals surface area contributed by atoms with Crippen molar-refractivity contribution < 1.29 is 43.8 Å². The summed E-state index contributed by atoms with van der Waals surface area (Å²) < 4.78 is 28.1. The number of fused-ring (bicyclic) bond motifs is 3. The lowest BCUT2D eigenvalue weighted by atomic mass is 9.99. The van der Waals surface area contributed by atoms with Crippen molar-refractivity contribution in [1.82, 2.24) is 0 Å². The van der Waals surface area contributed by atoms with Gasteiger partial charge in [0.25, 0.3) is 0 Å². The van der Waals surface area contributed by atoms with Crippen LogP contribution in [0, 0.1) is 0 Å². The third-order valence-electron chi connectivity index (χ3n) is 5.50. The maximum atomic E-state index is 12.9. The summed E-state index contributed by atoms with van der Waals surface area (Å²) in [5.41, 5.74) is -0.0787. The van der Waals surface area contributed by atoms with Crippen molar-refractivity contribution in [3.05, 3.63) is 39.8 Å². The molecule has 1 aromatic carbocycles. The lowest BCUT2D eigenvalue weighted by Crippen LogP contribution is -2.59. The van der Waals surface area contributed by atoms with E-state index in [1.807, 2.05) is 26.0 Å². The van der Waals surface area contributed by atoms with Gasteiger partial charge in [0.15, 0.2) is 17.3 Å². The molecule has 1 saturated heterocycles. The molecule has 0 saturated carbocycles. The topological polar surface area (TPSA) is 148 Å². The first-order valence-electron chi connectivity index (χ1n) is 10.1. The van der Waals surface area contributed by atoms with Crippen LogP contribution in [-0.2, 0) is 16.1 Å². The van der Waals surface area contributed by atoms with Crippen LogP contribution in [0.3, 0.4) is 0 Å². The Kier molecular flexibility index (Phi) is 6.01. The second kappa shape index (κ2) is 8.47. The summed E-state index contributed by atoms with van der Waals surface area (Å²) in [5.74, 6) is 0.935. The van der Waals surface area contributed by atoms with Crippen LogP contribution in [0.25, 0.3) is 17.0 Å². The first kappa shape index (κ1) is 22.7. The summed E-state index contributed by atoms with van der Waals surface area (Å²) in [5, 5.41) is 39.4. The molecule has 1 fully saturated rings. The summed E-state index contributed by atoms with van der Waals surface area (Å²) in [7, 11) is 1.44. The molecule has 2 aromatic rings. The molecule has 2 aliphatic rings. The van der Waals surface area contributed by atoms with E-state index in [-0.39, 0.29) is 28.8 Å². The van der Waals surface area contributed by atoms with Crippen LogP contribution in [0.15, 0.2) is 27.4 Å². The van der Waals surface area contributed by atoms with E-state index in [9.17, 15) is 25.2 Å². The fourth-order valence-electron chi connectivity index (χ4n) is 3.79. The SMILES string of the molecule is COc1cc2c(c3oc(CO[C@@H]4O[C@H](CO)[C@@H](O)[C@H](O)[C@H]4O)cc(=O)c13)C=CC(C)(C)O2. The van der Waals surface area contributed by atoms with Crippen LogP contribution in [0.5, 0.6) is 11.5 Å². The van der Waals surface area contributed by atoms with E-state index in [0.29, 0.717) is 17.1 Å². The highest BCUT2D eigenvalue weighted by molar-refractivity contribution is 5.93. The molecule has 32 heavy (non-hydrogen) atoms. The molecule has 4 N–H and O–H groups in total. The van der Waals surface area contributed by atoms with Crippen LogP contribution in [0.4, 0.5) is 0 Å². The minimum absolute atomic E-state index is 0.133. The number of ether oxygens (including phenoxy) is 4. The zero-order valence-electron chi connectivity index (χ0n) is 17.8. The van der Waals surface area contributed by atoms with Gasteiger partial charge in [-0.15, -0.1) is 0 Å². The highest BCUT2D eigenvalue weighted by Gasteiger charge is 2.44. The Balaban J connectivity index is 1.67. The predicted molar refractivity (Wildman–Crippen MR) is 111 cm³/mol. The fourth-order valence-corrected chi connectivity index (χ4v) is 3.79. The van der Waals surface area contributed by atoms with Gasteiger partial charge in [0, 0.05) is 12.1 Å². The summed E-state index contributed by atoms with van der Waals surface area (Å²) >= 11 is 0. The predicted octanol–water partition coefficient (Wildman–Crippen LogP) is 0.302. The Hall–Kier alpha value is -2.47. The Labute approximate surface area is 183 Å². The summed E-state index contributed by atoms with van der Waals surface area (Å²) in [6.45, 7) is 2.93. The molecule has 4 rings (SSSR count). The van der Waals surface area contributed by atoms with Crippen LogP contribution in [0.2, 0.25) is 0 Å². The fraction of sp³-hybridized carbons (Fsp3) is 0.500. The van der Waals surface area contributed by atoms with Gasteiger partial charge < -0.3 is 43.8 Å². The number of rotatable bonds is 5. The monoisotopic (exact) mass is 450 g/mol. The number of methoxy groups -OCH3 is 1. The lowest BCUT2D eigenvalue weighted by molar-refractivity contribution is -0.304. The van der Waals surface area contributed by atoms with Crippen molar-refractivity contribution in [3.63, 3.8) is 0 Å². The maximum Gasteiger partial charge on any atom is 0.196 e. The standard InChI is InChI=1S/C22H26O10/c1-22(2)5-4-11-13(32-22)7-14(28-3)16-12(24)6-10(30-20(11)16)9-29-21-19(27)18(26)17(25)15(8-23)31-21/h4-7,15,17-19,21,23,25-27H,8-9H2,1-3H3/t15-,17-,18+,19-,21-/m1/s1. The van der Waals surface area contributed by atoms with E-state index >= 15 is 0 Å². The van der Waals surface area contributed by atoms with E-state index in [1.54, 1.807) is 6.07 Å². The van der Waals surface area contributed by atoms with Crippen LogP contribution < -0.4 is 14.9 Å². The Morgan fingerprint density at radius 3 is 2.56 bits per heavy atom. The number of benzene rings is 1. The molecule has 174 valence electrons. The molecule has 3 heterocycles. The Morgan fingerprint density at radius 1 is 1.12 bits per heavy atom. The van der Waals surface area contributed by atoms with Gasteiger partial charge in [-0.1, -0.05) is 0 Å². The molecular formula is C22H26O10. The summed E-state index contributed by atoms with van der Waals surface area (Å²) in [6.07, 6.45) is -3.44. The van der Waals surface area contributed by atoms with Gasteiger partial charge in [-0.2, -0.15) is 0 Å². The van der Waals surface area contributed by atoms with Gasteiger partial charge in [-0.05, 0) is 26.0 Å². The van der Waals surface area contributed by atoms with Gasteiger partial charge in [0.05, 0.1) is 19.3 Å². The first-order valence-corrected chi connectivity index (χ1v) is 10.1. The molecule has 0 bridgehead atoms. The average Bonchev–Trinajstić information content (AvgIpc) is 2.75. The van der Waals surface area contributed by atoms with Crippen LogP contribution in [0.1, 0.15) is 25.2 Å². The molecule has 10 heteroatoms. The largest absolute Gasteiger partial charge is 0.496 e. The highest BCUT2D eigenvalue weighted by atomic mass is 16.7. The molecule has 0 aliphatic carbocycles. The van der Waals surface area contributed by atoms with E-state index in [2.05, 4.69) is 0 Å². The van der Waals surface area contributed by atoms with Crippen molar-refractivity contribution >= 4 is 17.0 Å². The Morgan fingerprint density at radius 2 is 1.88 bits per heavy atom. The molecule has 2 aliphatic heterocycles. The van der Waals surface area contributed by atoms with Gasteiger partial charge in [-0.25, -0.2) is 0 Å². The minimum Gasteiger partial charge on any atom is -0.496 e. The molecular weight excluding hydrogens is 424 g/mol.